The van der Waals surface area contributed by atoms with Crippen molar-refractivity contribution >= 4 is 12.7 Å². The molecule has 0 saturated carbocycles. The molecule has 1 aromatic carbocycles. The van der Waals surface area contributed by atoms with Gasteiger partial charge in [-0.3, -0.25) is 4.79 Å². The molecule has 4 nitrogen and oxygen atoms in total. The molecule has 27 heavy (non-hydrogen) atoms. The average Bonchev–Trinajstić information content (AvgIpc) is 2.58. The van der Waals surface area contributed by atoms with Crippen LogP contribution in [0.2, 0.25) is 0 Å². The zero-order chi connectivity index (χ0) is 20.7. The molecule has 0 bridgehead atoms. The molecule has 0 aliphatic rings. The maximum atomic E-state index is 14.0. The van der Waals surface area contributed by atoms with Crippen molar-refractivity contribution in [2.75, 3.05) is 26.5 Å². The first-order valence-corrected chi connectivity index (χ1v) is 12.0. The Morgan fingerprint density at radius 2 is 1.67 bits per heavy atom. The Bertz CT molecular complexity index is 639. The standard InChI is InChI=1S/C22H37O4P/c1-8-9-10-14-27(24,16-17(2)15-22(3,4)5)21(23)20-18(25-6)12-11-13-19(20)26-7/h11-13,17H,8-10,14-16H2,1-7H3. The fourth-order valence-electron chi connectivity index (χ4n) is 3.77. The molecule has 2 atom stereocenters. The summed E-state index contributed by atoms with van der Waals surface area (Å²) in [4.78, 5) is 13.5. The van der Waals surface area contributed by atoms with Gasteiger partial charge in [-0.1, -0.05) is 53.5 Å². The van der Waals surface area contributed by atoms with Gasteiger partial charge in [-0.2, -0.15) is 0 Å². The van der Waals surface area contributed by atoms with Gasteiger partial charge in [-0.05, 0) is 36.3 Å². The van der Waals surface area contributed by atoms with Crippen molar-refractivity contribution < 1.29 is 18.8 Å². The Morgan fingerprint density at radius 3 is 2.11 bits per heavy atom. The summed E-state index contributed by atoms with van der Waals surface area (Å²) < 4.78 is 24.7. The van der Waals surface area contributed by atoms with Gasteiger partial charge in [0, 0.05) is 12.3 Å². The van der Waals surface area contributed by atoms with Gasteiger partial charge in [0.05, 0.1) is 14.2 Å². The quantitative estimate of drug-likeness (QED) is 0.318. The number of methoxy groups -OCH3 is 2. The van der Waals surface area contributed by atoms with E-state index in [4.69, 9.17) is 9.47 Å². The molecule has 0 aliphatic carbocycles. The van der Waals surface area contributed by atoms with Gasteiger partial charge in [0.2, 0.25) is 5.52 Å². The van der Waals surface area contributed by atoms with Crippen LogP contribution >= 0.6 is 7.14 Å². The first kappa shape index (κ1) is 23.8. The van der Waals surface area contributed by atoms with Crippen molar-refractivity contribution in [1.29, 1.82) is 0 Å². The van der Waals surface area contributed by atoms with Crippen LogP contribution in [0.25, 0.3) is 0 Å². The monoisotopic (exact) mass is 396 g/mol. The van der Waals surface area contributed by atoms with Crippen molar-refractivity contribution in [2.45, 2.75) is 60.3 Å². The third kappa shape index (κ3) is 6.99. The van der Waals surface area contributed by atoms with Crippen LogP contribution in [0.4, 0.5) is 0 Å². The molecule has 0 aliphatic heterocycles. The summed E-state index contributed by atoms with van der Waals surface area (Å²) in [5, 5.41) is 0. The molecule has 5 heteroatoms. The van der Waals surface area contributed by atoms with Crippen LogP contribution in [0, 0.1) is 11.3 Å². The fraction of sp³-hybridized carbons (Fsp3) is 0.682. The first-order valence-electron chi connectivity index (χ1n) is 9.92. The van der Waals surface area contributed by atoms with Crippen LogP contribution in [-0.2, 0) is 4.57 Å². The first-order chi connectivity index (χ1) is 12.6. The van der Waals surface area contributed by atoms with Gasteiger partial charge >= 0.3 is 0 Å². The molecule has 1 aromatic rings. The molecule has 154 valence electrons. The predicted octanol–water partition coefficient (Wildman–Crippen LogP) is 6.47. The minimum Gasteiger partial charge on any atom is -0.496 e. The number of rotatable bonds is 11. The summed E-state index contributed by atoms with van der Waals surface area (Å²) in [6.45, 7) is 10.7. The second kappa shape index (κ2) is 10.3. The van der Waals surface area contributed by atoms with Crippen LogP contribution in [-0.4, -0.2) is 32.1 Å². The Balaban J connectivity index is 3.27. The largest absolute Gasteiger partial charge is 0.496 e. The molecule has 0 amide bonds. The van der Waals surface area contributed by atoms with Crippen LogP contribution < -0.4 is 9.47 Å². The number of carbonyl (C=O) groups is 1. The van der Waals surface area contributed by atoms with Gasteiger partial charge < -0.3 is 14.0 Å². The smallest absolute Gasteiger partial charge is 0.228 e. The zero-order valence-electron chi connectivity index (χ0n) is 18.1. The molecule has 0 spiro atoms. The van der Waals surface area contributed by atoms with Crippen molar-refractivity contribution in [3.05, 3.63) is 23.8 Å². The summed E-state index contributed by atoms with van der Waals surface area (Å²) in [6, 6.07) is 5.23. The molecule has 0 N–H and O–H groups in total. The van der Waals surface area contributed by atoms with E-state index >= 15 is 0 Å². The zero-order valence-corrected chi connectivity index (χ0v) is 19.0. The highest BCUT2D eigenvalue weighted by Gasteiger charge is 2.37. The van der Waals surface area contributed by atoms with Crippen molar-refractivity contribution in [3.8, 4) is 11.5 Å². The Morgan fingerprint density at radius 1 is 1.11 bits per heavy atom. The van der Waals surface area contributed by atoms with Crippen molar-refractivity contribution in [2.24, 2.45) is 11.3 Å². The SMILES string of the molecule is CCCCCP(=O)(CC(C)CC(C)(C)C)C(=O)c1c(OC)cccc1OC. The topological polar surface area (TPSA) is 52.6 Å². The number of hydrogen-bond acceptors (Lipinski definition) is 4. The molecule has 0 heterocycles. The molecular formula is C22H37O4P. The van der Waals surface area contributed by atoms with E-state index in [1.54, 1.807) is 18.2 Å². The summed E-state index contributed by atoms with van der Waals surface area (Å²) in [7, 11) is -0.0361. The van der Waals surface area contributed by atoms with E-state index in [9.17, 15) is 9.36 Å². The van der Waals surface area contributed by atoms with Crippen LogP contribution in [0.5, 0.6) is 11.5 Å². The maximum Gasteiger partial charge on any atom is 0.228 e. The Kier molecular flexibility index (Phi) is 9.08. The lowest BCUT2D eigenvalue weighted by Crippen LogP contribution is -2.18. The van der Waals surface area contributed by atoms with E-state index in [2.05, 4.69) is 34.6 Å². The van der Waals surface area contributed by atoms with Gasteiger partial charge in [0.15, 0.2) is 7.14 Å². The minimum atomic E-state index is -3.08. The molecular weight excluding hydrogens is 359 g/mol. The van der Waals surface area contributed by atoms with Gasteiger partial charge in [-0.15, -0.1) is 0 Å². The third-order valence-corrected chi connectivity index (χ3v) is 7.92. The fourth-order valence-corrected chi connectivity index (χ4v) is 6.82. The number of benzene rings is 1. The third-order valence-electron chi connectivity index (χ3n) is 4.70. The minimum absolute atomic E-state index is 0.138. The van der Waals surface area contributed by atoms with Gasteiger partial charge in [0.1, 0.15) is 17.1 Å². The predicted molar refractivity (Wildman–Crippen MR) is 114 cm³/mol. The van der Waals surface area contributed by atoms with Crippen LogP contribution in [0.15, 0.2) is 18.2 Å². The summed E-state index contributed by atoms with van der Waals surface area (Å²) in [6.07, 6.45) is 4.64. The summed E-state index contributed by atoms with van der Waals surface area (Å²) >= 11 is 0. The lowest BCUT2D eigenvalue weighted by molar-refractivity contribution is 0.106. The lowest BCUT2D eigenvalue weighted by atomic mass is 9.86. The van der Waals surface area contributed by atoms with Crippen LogP contribution in [0.1, 0.15) is 70.7 Å². The molecule has 0 aromatic heterocycles. The highest BCUT2D eigenvalue weighted by Crippen LogP contribution is 2.54. The molecule has 1 rings (SSSR count). The summed E-state index contributed by atoms with van der Waals surface area (Å²) in [5.41, 5.74) is 0.165. The highest BCUT2D eigenvalue weighted by atomic mass is 31.2. The molecule has 0 radical (unpaired) electrons. The lowest BCUT2D eigenvalue weighted by Gasteiger charge is -2.27. The van der Waals surface area contributed by atoms with E-state index < -0.39 is 7.14 Å². The van der Waals surface area contributed by atoms with E-state index in [1.807, 2.05) is 0 Å². The van der Waals surface area contributed by atoms with E-state index in [0.29, 0.717) is 29.4 Å². The molecule has 2 unspecified atom stereocenters. The molecule has 0 saturated heterocycles. The maximum absolute atomic E-state index is 14.0. The number of unbranched alkanes of at least 4 members (excludes halogenated alkanes) is 2. The average molecular weight is 397 g/mol. The van der Waals surface area contributed by atoms with Gasteiger partial charge in [0.25, 0.3) is 0 Å². The van der Waals surface area contributed by atoms with Crippen LogP contribution in [0.3, 0.4) is 0 Å². The van der Waals surface area contributed by atoms with E-state index in [-0.39, 0.29) is 16.9 Å². The normalized spacial score (nSPS) is 15.1. The van der Waals surface area contributed by atoms with E-state index in [1.165, 1.54) is 14.2 Å². The van der Waals surface area contributed by atoms with Gasteiger partial charge in [-0.25, -0.2) is 0 Å². The highest BCUT2D eigenvalue weighted by molar-refractivity contribution is 7.81. The number of carbonyl (C=O) groups excluding carboxylic acids is 1. The molecule has 0 fully saturated rings. The van der Waals surface area contributed by atoms with Crippen molar-refractivity contribution in [3.63, 3.8) is 0 Å². The van der Waals surface area contributed by atoms with E-state index in [0.717, 1.165) is 25.7 Å². The second-order valence-corrected chi connectivity index (χ2v) is 11.7. The Hall–Kier alpha value is -1.28. The number of hydrogen-bond donors (Lipinski definition) is 0. The van der Waals surface area contributed by atoms with Crippen molar-refractivity contribution in [1.82, 2.24) is 0 Å². The number of ether oxygens (including phenoxy) is 2. The second-order valence-electron chi connectivity index (χ2n) is 8.72. The Labute approximate surface area is 165 Å². The summed E-state index contributed by atoms with van der Waals surface area (Å²) in [5.74, 6) is 1.07.